The minimum Gasteiger partial charge on any atom is -0.361 e. The van der Waals surface area contributed by atoms with Crippen molar-refractivity contribution in [1.29, 1.82) is 0 Å². The first-order valence-corrected chi connectivity index (χ1v) is 7.29. The van der Waals surface area contributed by atoms with Gasteiger partial charge in [-0.15, -0.1) is 0 Å². The summed E-state index contributed by atoms with van der Waals surface area (Å²) in [6, 6.07) is 17.3. The van der Waals surface area contributed by atoms with Crippen molar-refractivity contribution in [3.8, 4) is 0 Å². The molecule has 0 aliphatic carbocycles. The lowest BCUT2D eigenvalue weighted by Crippen LogP contribution is -2.22. The van der Waals surface area contributed by atoms with Crippen LogP contribution in [0.25, 0.3) is 10.9 Å². The van der Waals surface area contributed by atoms with Crippen molar-refractivity contribution in [1.82, 2.24) is 4.98 Å². The summed E-state index contributed by atoms with van der Waals surface area (Å²) in [7, 11) is 0. The van der Waals surface area contributed by atoms with Gasteiger partial charge in [0, 0.05) is 22.5 Å². The third-order valence-electron chi connectivity index (χ3n) is 4.63. The van der Waals surface area contributed by atoms with E-state index >= 15 is 0 Å². The molecule has 0 bridgehead atoms. The molecule has 1 nitrogen and oxygen atoms in total. The van der Waals surface area contributed by atoms with Crippen LogP contribution in [0.2, 0.25) is 0 Å². The van der Waals surface area contributed by atoms with E-state index in [9.17, 15) is 0 Å². The zero-order chi connectivity index (χ0) is 14.2. The van der Waals surface area contributed by atoms with Crippen LogP contribution in [0.3, 0.4) is 0 Å². The van der Waals surface area contributed by atoms with Crippen LogP contribution in [0.5, 0.6) is 0 Å². The van der Waals surface area contributed by atoms with Gasteiger partial charge < -0.3 is 4.98 Å². The molecule has 1 atom stereocenters. The van der Waals surface area contributed by atoms with E-state index in [-0.39, 0.29) is 5.41 Å². The molecule has 2 aromatic carbocycles. The second kappa shape index (κ2) is 4.82. The summed E-state index contributed by atoms with van der Waals surface area (Å²) >= 11 is 0. The van der Waals surface area contributed by atoms with E-state index in [2.05, 4.69) is 80.5 Å². The summed E-state index contributed by atoms with van der Waals surface area (Å²) in [5.41, 5.74) is 5.40. The molecule has 1 aromatic heterocycles. The predicted molar refractivity (Wildman–Crippen MR) is 86.2 cm³/mol. The van der Waals surface area contributed by atoms with Gasteiger partial charge in [-0.3, -0.25) is 0 Å². The molecule has 0 fully saturated rings. The number of rotatable bonds is 3. The quantitative estimate of drug-likeness (QED) is 0.669. The van der Waals surface area contributed by atoms with Crippen molar-refractivity contribution in [2.24, 2.45) is 0 Å². The first-order chi connectivity index (χ1) is 9.66. The largest absolute Gasteiger partial charge is 0.361 e. The molecule has 1 N–H and O–H groups in total. The molecule has 0 amide bonds. The Hall–Kier alpha value is -2.02. The van der Waals surface area contributed by atoms with Crippen molar-refractivity contribution in [3.63, 3.8) is 0 Å². The highest BCUT2D eigenvalue weighted by Gasteiger charge is 2.29. The SMILES string of the molecule is CCC(C)(c1ccccc1)c1c[nH]c2cccc(C)c12. The fraction of sp³-hybridized carbons (Fsp3) is 0.263. The van der Waals surface area contributed by atoms with Crippen molar-refractivity contribution >= 4 is 10.9 Å². The lowest BCUT2D eigenvalue weighted by Gasteiger charge is -2.29. The van der Waals surface area contributed by atoms with Gasteiger partial charge in [0.25, 0.3) is 0 Å². The number of nitrogens with one attached hydrogen (secondary N) is 1. The number of aromatic nitrogens is 1. The Labute approximate surface area is 120 Å². The Bertz CT molecular complexity index is 724. The average molecular weight is 263 g/mol. The van der Waals surface area contributed by atoms with Gasteiger partial charge in [0.15, 0.2) is 0 Å². The number of aromatic amines is 1. The number of H-pyrrole nitrogens is 1. The van der Waals surface area contributed by atoms with Gasteiger partial charge in [-0.05, 0) is 36.1 Å². The van der Waals surface area contributed by atoms with Gasteiger partial charge in [0.1, 0.15) is 0 Å². The van der Waals surface area contributed by atoms with Crippen molar-refractivity contribution in [2.45, 2.75) is 32.6 Å². The Morgan fingerprint density at radius 1 is 1.00 bits per heavy atom. The summed E-state index contributed by atoms with van der Waals surface area (Å²) in [5.74, 6) is 0. The van der Waals surface area contributed by atoms with Crippen LogP contribution in [0.1, 0.15) is 37.0 Å². The monoisotopic (exact) mass is 263 g/mol. The minimum atomic E-state index is 0.0472. The number of hydrogen-bond acceptors (Lipinski definition) is 0. The molecule has 0 radical (unpaired) electrons. The van der Waals surface area contributed by atoms with Crippen LogP contribution in [-0.2, 0) is 5.41 Å². The highest BCUT2D eigenvalue weighted by atomic mass is 14.7. The zero-order valence-electron chi connectivity index (χ0n) is 12.4. The first-order valence-electron chi connectivity index (χ1n) is 7.29. The van der Waals surface area contributed by atoms with Gasteiger partial charge in [-0.1, -0.05) is 56.3 Å². The fourth-order valence-corrected chi connectivity index (χ4v) is 3.16. The highest BCUT2D eigenvalue weighted by molar-refractivity contribution is 5.88. The van der Waals surface area contributed by atoms with E-state index in [4.69, 9.17) is 0 Å². The average Bonchev–Trinajstić information content (AvgIpc) is 2.93. The van der Waals surface area contributed by atoms with E-state index in [1.165, 1.54) is 27.6 Å². The molecular formula is C19H21N. The van der Waals surface area contributed by atoms with Crippen LogP contribution in [0.4, 0.5) is 0 Å². The van der Waals surface area contributed by atoms with Gasteiger partial charge in [0.05, 0.1) is 0 Å². The van der Waals surface area contributed by atoms with Crippen LogP contribution in [0, 0.1) is 6.92 Å². The minimum absolute atomic E-state index is 0.0472. The Morgan fingerprint density at radius 3 is 2.45 bits per heavy atom. The van der Waals surface area contributed by atoms with Crippen LogP contribution < -0.4 is 0 Å². The molecule has 1 unspecified atom stereocenters. The molecule has 0 saturated carbocycles. The molecule has 0 aliphatic rings. The number of benzene rings is 2. The number of hydrogen-bond donors (Lipinski definition) is 1. The highest BCUT2D eigenvalue weighted by Crippen LogP contribution is 2.39. The molecule has 102 valence electrons. The van der Waals surface area contributed by atoms with Gasteiger partial charge in [-0.2, -0.15) is 0 Å². The first kappa shape index (κ1) is 13.0. The van der Waals surface area contributed by atoms with E-state index < -0.39 is 0 Å². The van der Waals surface area contributed by atoms with Crippen molar-refractivity contribution in [3.05, 3.63) is 71.4 Å². The summed E-state index contributed by atoms with van der Waals surface area (Å²) in [5, 5.41) is 1.38. The van der Waals surface area contributed by atoms with E-state index in [0.717, 1.165) is 6.42 Å². The normalized spacial score (nSPS) is 14.3. The molecule has 3 rings (SSSR count). The lowest BCUT2D eigenvalue weighted by atomic mass is 9.74. The smallest absolute Gasteiger partial charge is 0.0459 e. The standard InChI is InChI=1S/C19H21N/c1-4-19(3,15-10-6-5-7-11-15)16-13-20-17-12-8-9-14(2)18(16)17/h5-13,20H,4H2,1-3H3. The third kappa shape index (κ3) is 1.85. The second-order valence-corrected chi connectivity index (χ2v) is 5.75. The molecule has 0 saturated heterocycles. The van der Waals surface area contributed by atoms with Crippen LogP contribution in [-0.4, -0.2) is 4.98 Å². The van der Waals surface area contributed by atoms with Crippen LogP contribution in [0.15, 0.2) is 54.7 Å². The summed E-state index contributed by atoms with van der Waals surface area (Å²) in [6.45, 7) is 6.81. The van der Waals surface area contributed by atoms with E-state index in [0.29, 0.717) is 0 Å². The number of fused-ring (bicyclic) bond motifs is 1. The van der Waals surface area contributed by atoms with Crippen LogP contribution >= 0.6 is 0 Å². The Balaban J connectivity index is 2.27. The third-order valence-corrected chi connectivity index (χ3v) is 4.63. The van der Waals surface area contributed by atoms with Gasteiger partial charge >= 0.3 is 0 Å². The molecule has 1 heterocycles. The maximum absolute atomic E-state index is 3.44. The maximum atomic E-state index is 3.44. The zero-order valence-corrected chi connectivity index (χ0v) is 12.4. The number of aryl methyl sites for hydroxylation is 1. The molecular weight excluding hydrogens is 242 g/mol. The summed E-state index contributed by atoms with van der Waals surface area (Å²) in [4.78, 5) is 3.44. The molecule has 0 aliphatic heterocycles. The van der Waals surface area contributed by atoms with Crippen molar-refractivity contribution in [2.75, 3.05) is 0 Å². The van der Waals surface area contributed by atoms with Crippen molar-refractivity contribution < 1.29 is 0 Å². The second-order valence-electron chi connectivity index (χ2n) is 5.75. The molecule has 3 aromatic rings. The topological polar surface area (TPSA) is 15.8 Å². The summed E-state index contributed by atoms with van der Waals surface area (Å²) < 4.78 is 0. The Kier molecular flexibility index (Phi) is 3.13. The van der Waals surface area contributed by atoms with E-state index in [1.807, 2.05) is 0 Å². The summed E-state index contributed by atoms with van der Waals surface area (Å²) in [6.07, 6.45) is 3.27. The molecule has 1 heteroatoms. The fourth-order valence-electron chi connectivity index (χ4n) is 3.16. The lowest BCUT2D eigenvalue weighted by molar-refractivity contribution is 0.554. The van der Waals surface area contributed by atoms with Gasteiger partial charge in [0.2, 0.25) is 0 Å². The molecule has 0 spiro atoms. The maximum Gasteiger partial charge on any atom is 0.0459 e. The van der Waals surface area contributed by atoms with Gasteiger partial charge in [-0.25, -0.2) is 0 Å². The molecule has 20 heavy (non-hydrogen) atoms. The van der Waals surface area contributed by atoms with E-state index in [1.54, 1.807) is 0 Å². The Morgan fingerprint density at radius 2 is 1.75 bits per heavy atom. The predicted octanol–water partition coefficient (Wildman–Crippen LogP) is 5.19.